The SMILES string of the molecule is Nc1cc(CN2CCN(S(=O)(=O)c3cccc([N+](=O)[O-])c3)CC2)ccn1. The van der Waals surface area contributed by atoms with E-state index in [0.29, 0.717) is 38.5 Å². The standard InChI is InChI=1S/C16H19N5O4S/c17-16-10-13(4-5-18-16)12-19-6-8-20(9-7-19)26(24,25)15-3-1-2-14(11-15)21(22)23/h1-5,10-11H,6-9,12H2,(H2,17,18). The maximum absolute atomic E-state index is 12.7. The molecule has 2 heterocycles. The molecule has 0 bridgehead atoms. The molecular formula is C16H19N5O4S. The van der Waals surface area contributed by atoms with Gasteiger partial charge in [-0.1, -0.05) is 6.07 Å². The summed E-state index contributed by atoms with van der Waals surface area (Å²) in [4.78, 5) is 16.3. The molecule has 0 spiro atoms. The van der Waals surface area contributed by atoms with Gasteiger partial charge in [0.2, 0.25) is 10.0 Å². The number of hydrogen-bond donors (Lipinski definition) is 1. The fraction of sp³-hybridized carbons (Fsp3) is 0.312. The number of pyridine rings is 1. The minimum absolute atomic E-state index is 0.0537. The number of non-ortho nitro benzene ring substituents is 1. The minimum Gasteiger partial charge on any atom is -0.384 e. The molecule has 2 aromatic rings. The summed E-state index contributed by atoms with van der Waals surface area (Å²) in [7, 11) is -3.75. The molecule has 0 atom stereocenters. The molecule has 0 unspecified atom stereocenters. The first-order chi connectivity index (χ1) is 12.4. The Morgan fingerprint density at radius 3 is 2.54 bits per heavy atom. The summed E-state index contributed by atoms with van der Waals surface area (Å²) in [6, 6.07) is 8.82. The summed E-state index contributed by atoms with van der Waals surface area (Å²) in [6.45, 7) is 2.45. The number of nitrogens with zero attached hydrogens (tertiary/aromatic N) is 4. The minimum atomic E-state index is -3.75. The fourth-order valence-corrected chi connectivity index (χ4v) is 4.35. The van der Waals surface area contributed by atoms with E-state index in [4.69, 9.17) is 5.73 Å². The van der Waals surface area contributed by atoms with Gasteiger partial charge in [0.25, 0.3) is 5.69 Å². The van der Waals surface area contributed by atoms with Crippen LogP contribution in [-0.2, 0) is 16.6 Å². The zero-order chi connectivity index (χ0) is 18.7. The van der Waals surface area contributed by atoms with E-state index in [2.05, 4.69) is 9.88 Å². The third-order valence-corrected chi connectivity index (χ3v) is 6.14. The highest BCUT2D eigenvalue weighted by molar-refractivity contribution is 7.89. The van der Waals surface area contributed by atoms with Crippen LogP contribution in [0.4, 0.5) is 11.5 Å². The maximum Gasteiger partial charge on any atom is 0.270 e. The van der Waals surface area contributed by atoms with Crippen LogP contribution < -0.4 is 5.73 Å². The molecule has 9 nitrogen and oxygen atoms in total. The second-order valence-electron chi connectivity index (χ2n) is 6.02. The Hall–Kier alpha value is -2.56. The van der Waals surface area contributed by atoms with E-state index in [1.807, 2.05) is 6.07 Å². The predicted octanol–water partition coefficient (Wildman–Crippen LogP) is 1.08. The topological polar surface area (TPSA) is 123 Å². The van der Waals surface area contributed by atoms with Gasteiger partial charge in [-0.3, -0.25) is 15.0 Å². The summed E-state index contributed by atoms with van der Waals surface area (Å²) in [5.41, 5.74) is 6.46. The van der Waals surface area contributed by atoms with Crippen molar-refractivity contribution in [2.75, 3.05) is 31.9 Å². The quantitative estimate of drug-likeness (QED) is 0.611. The van der Waals surface area contributed by atoms with Crippen LogP contribution in [0.3, 0.4) is 0 Å². The van der Waals surface area contributed by atoms with Crippen LogP contribution in [0.5, 0.6) is 0 Å². The average Bonchev–Trinajstić information content (AvgIpc) is 2.62. The van der Waals surface area contributed by atoms with E-state index in [1.54, 1.807) is 12.3 Å². The highest BCUT2D eigenvalue weighted by Crippen LogP contribution is 2.22. The molecule has 1 fully saturated rings. The molecule has 0 radical (unpaired) electrons. The Morgan fingerprint density at radius 2 is 1.88 bits per heavy atom. The van der Waals surface area contributed by atoms with E-state index in [1.165, 1.54) is 22.5 Å². The molecule has 0 amide bonds. The van der Waals surface area contributed by atoms with Gasteiger partial charge in [-0.05, 0) is 23.8 Å². The number of nitrogens with two attached hydrogens (primary N) is 1. The Kier molecular flexibility index (Phi) is 5.16. The van der Waals surface area contributed by atoms with Gasteiger partial charge in [0.1, 0.15) is 5.82 Å². The Morgan fingerprint density at radius 1 is 1.15 bits per heavy atom. The second kappa shape index (κ2) is 7.36. The van der Waals surface area contributed by atoms with Crippen LogP contribution in [0.1, 0.15) is 5.56 Å². The van der Waals surface area contributed by atoms with Crippen LogP contribution >= 0.6 is 0 Å². The fourth-order valence-electron chi connectivity index (χ4n) is 2.89. The summed E-state index contributed by atoms with van der Waals surface area (Å²) in [5.74, 6) is 0.453. The van der Waals surface area contributed by atoms with Gasteiger partial charge in [-0.25, -0.2) is 13.4 Å². The lowest BCUT2D eigenvalue weighted by Crippen LogP contribution is -2.48. The van der Waals surface area contributed by atoms with E-state index in [0.717, 1.165) is 11.6 Å². The normalized spacial score (nSPS) is 16.5. The first kappa shape index (κ1) is 18.2. The molecular weight excluding hydrogens is 358 g/mol. The first-order valence-electron chi connectivity index (χ1n) is 8.03. The summed E-state index contributed by atoms with van der Waals surface area (Å²) < 4.78 is 26.8. The zero-order valence-corrected chi connectivity index (χ0v) is 14.8. The number of rotatable bonds is 5. The van der Waals surface area contributed by atoms with Gasteiger partial charge in [0.05, 0.1) is 9.82 Å². The molecule has 1 saturated heterocycles. The van der Waals surface area contributed by atoms with Gasteiger partial charge in [-0.2, -0.15) is 4.31 Å². The van der Waals surface area contributed by atoms with Crippen molar-refractivity contribution in [3.63, 3.8) is 0 Å². The lowest BCUT2D eigenvalue weighted by Gasteiger charge is -2.34. The first-order valence-corrected chi connectivity index (χ1v) is 9.47. The molecule has 0 aliphatic carbocycles. The van der Waals surface area contributed by atoms with Gasteiger partial charge in [0, 0.05) is 51.1 Å². The molecule has 0 saturated carbocycles. The number of anilines is 1. The maximum atomic E-state index is 12.7. The monoisotopic (exact) mass is 377 g/mol. The third kappa shape index (κ3) is 3.98. The number of hydrogen-bond acceptors (Lipinski definition) is 7. The Balaban J connectivity index is 1.67. The average molecular weight is 377 g/mol. The van der Waals surface area contributed by atoms with Crippen molar-refractivity contribution in [2.24, 2.45) is 0 Å². The van der Waals surface area contributed by atoms with Gasteiger partial charge in [0.15, 0.2) is 0 Å². The van der Waals surface area contributed by atoms with Crippen molar-refractivity contribution in [3.8, 4) is 0 Å². The predicted molar refractivity (Wildman–Crippen MR) is 95.8 cm³/mol. The molecule has 1 aliphatic heterocycles. The van der Waals surface area contributed by atoms with Crippen molar-refractivity contribution in [1.82, 2.24) is 14.2 Å². The number of nitrogen functional groups attached to an aromatic ring is 1. The van der Waals surface area contributed by atoms with Crippen molar-refractivity contribution in [3.05, 3.63) is 58.3 Å². The molecule has 1 aromatic carbocycles. The lowest BCUT2D eigenvalue weighted by molar-refractivity contribution is -0.385. The Labute approximate surface area is 151 Å². The molecule has 26 heavy (non-hydrogen) atoms. The summed E-state index contributed by atoms with van der Waals surface area (Å²) in [5, 5.41) is 10.9. The highest BCUT2D eigenvalue weighted by Gasteiger charge is 2.29. The Bertz CT molecular complexity index is 910. The summed E-state index contributed by atoms with van der Waals surface area (Å²) in [6.07, 6.45) is 1.65. The third-order valence-electron chi connectivity index (χ3n) is 4.25. The number of aromatic nitrogens is 1. The molecule has 138 valence electrons. The van der Waals surface area contributed by atoms with E-state index < -0.39 is 14.9 Å². The molecule has 1 aliphatic rings. The van der Waals surface area contributed by atoms with Crippen molar-refractivity contribution < 1.29 is 13.3 Å². The van der Waals surface area contributed by atoms with Crippen molar-refractivity contribution in [1.29, 1.82) is 0 Å². The van der Waals surface area contributed by atoms with Crippen molar-refractivity contribution in [2.45, 2.75) is 11.4 Å². The number of nitro benzene ring substituents is 1. The van der Waals surface area contributed by atoms with Crippen LogP contribution in [0.25, 0.3) is 0 Å². The molecule has 3 rings (SSSR count). The van der Waals surface area contributed by atoms with E-state index in [9.17, 15) is 18.5 Å². The molecule has 1 aromatic heterocycles. The van der Waals surface area contributed by atoms with Gasteiger partial charge >= 0.3 is 0 Å². The lowest BCUT2D eigenvalue weighted by atomic mass is 10.2. The van der Waals surface area contributed by atoms with Crippen LogP contribution in [0, 0.1) is 10.1 Å². The van der Waals surface area contributed by atoms with Gasteiger partial charge in [-0.15, -0.1) is 0 Å². The van der Waals surface area contributed by atoms with Crippen LogP contribution in [0.15, 0.2) is 47.5 Å². The van der Waals surface area contributed by atoms with E-state index in [-0.39, 0.29) is 10.6 Å². The number of sulfonamides is 1. The number of benzene rings is 1. The number of piperazine rings is 1. The van der Waals surface area contributed by atoms with Crippen LogP contribution in [-0.4, -0.2) is 53.7 Å². The molecule has 10 heteroatoms. The van der Waals surface area contributed by atoms with Crippen LogP contribution in [0.2, 0.25) is 0 Å². The second-order valence-corrected chi connectivity index (χ2v) is 7.96. The highest BCUT2D eigenvalue weighted by atomic mass is 32.2. The van der Waals surface area contributed by atoms with Gasteiger partial charge < -0.3 is 5.73 Å². The van der Waals surface area contributed by atoms with E-state index >= 15 is 0 Å². The molecule has 2 N–H and O–H groups in total. The summed E-state index contributed by atoms with van der Waals surface area (Å²) >= 11 is 0. The zero-order valence-electron chi connectivity index (χ0n) is 14.0. The largest absolute Gasteiger partial charge is 0.384 e. The number of nitro groups is 1. The van der Waals surface area contributed by atoms with Crippen molar-refractivity contribution >= 4 is 21.5 Å². The smallest absolute Gasteiger partial charge is 0.270 e.